The highest BCUT2D eigenvalue weighted by atomic mass is 19.1. The van der Waals surface area contributed by atoms with Gasteiger partial charge in [0.2, 0.25) is 0 Å². The first-order valence-electron chi connectivity index (χ1n) is 8.46. The number of fused-ring (bicyclic) bond motifs is 1. The molecule has 130 valence electrons. The third-order valence-corrected chi connectivity index (χ3v) is 4.72. The Morgan fingerprint density at radius 1 is 1.16 bits per heavy atom. The number of benzene rings is 1. The summed E-state index contributed by atoms with van der Waals surface area (Å²) >= 11 is 0. The van der Waals surface area contributed by atoms with Gasteiger partial charge in [-0.2, -0.15) is 5.10 Å². The van der Waals surface area contributed by atoms with E-state index in [-0.39, 0.29) is 12.5 Å². The number of nitrogens with one attached hydrogen (secondary N) is 1. The summed E-state index contributed by atoms with van der Waals surface area (Å²) in [6.07, 6.45) is 2.80. The zero-order valence-corrected chi connectivity index (χ0v) is 13.7. The minimum absolute atomic E-state index is 0.210. The van der Waals surface area contributed by atoms with Gasteiger partial charge >= 0.3 is 0 Å². The highest BCUT2D eigenvalue weighted by molar-refractivity contribution is 6.05. The van der Waals surface area contributed by atoms with Crippen molar-refractivity contribution in [1.29, 1.82) is 0 Å². The molecule has 1 aliphatic carbocycles. The largest absolute Gasteiger partial charge is 0.334 e. The molecule has 7 heteroatoms. The van der Waals surface area contributed by atoms with Crippen molar-refractivity contribution in [2.75, 3.05) is 11.9 Å². The standard InChI is InChI=1S/C18H19FN4O2/c19-18(7-8-18)17(25)22-9-4-10-23-15(12-22)14(11-20-23)16(24)21-13-5-2-1-3-6-13/h1-3,5-6,11H,4,7-10,12H2,(H,21,24). The number of alkyl halides is 1. The third kappa shape index (κ3) is 3.01. The van der Waals surface area contributed by atoms with Crippen LogP contribution in [0.15, 0.2) is 36.5 Å². The van der Waals surface area contributed by atoms with Crippen molar-refractivity contribution in [3.8, 4) is 0 Å². The molecule has 1 fully saturated rings. The lowest BCUT2D eigenvalue weighted by Gasteiger charge is -2.22. The molecule has 0 saturated heterocycles. The van der Waals surface area contributed by atoms with E-state index in [1.807, 2.05) is 18.2 Å². The van der Waals surface area contributed by atoms with E-state index in [0.717, 1.165) is 0 Å². The van der Waals surface area contributed by atoms with Gasteiger partial charge in [-0.05, 0) is 31.4 Å². The van der Waals surface area contributed by atoms with Gasteiger partial charge in [0.1, 0.15) is 0 Å². The normalized spacial score (nSPS) is 18.2. The number of carbonyl (C=O) groups excluding carboxylic acids is 2. The molecule has 0 bridgehead atoms. The van der Waals surface area contributed by atoms with Crippen molar-refractivity contribution < 1.29 is 14.0 Å². The average molecular weight is 342 g/mol. The third-order valence-electron chi connectivity index (χ3n) is 4.72. The maximum Gasteiger partial charge on any atom is 0.260 e. The second-order valence-electron chi connectivity index (χ2n) is 6.59. The van der Waals surface area contributed by atoms with Crippen LogP contribution in [0.4, 0.5) is 10.1 Å². The number of hydrogen-bond donors (Lipinski definition) is 1. The first-order chi connectivity index (χ1) is 12.1. The number of amides is 2. The Bertz CT molecular complexity index is 814. The van der Waals surface area contributed by atoms with Gasteiger partial charge in [-0.3, -0.25) is 14.3 Å². The molecular weight excluding hydrogens is 323 g/mol. The molecule has 25 heavy (non-hydrogen) atoms. The molecule has 2 aromatic rings. The molecule has 0 atom stereocenters. The van der Waals surface area contributed by atoms with Crippen molar-refractivity contribution in [1.82, 2.24) is 14.7 Å². The van der Waals surface area contributed by atoms with Gasteiger partial charge in [0, 0.05) is 18.8 Å². The summed E-state index contributed by atoms with van der Waals surface area (Å²) in [4.78, 5) is 26.5. The fraction of sp³-hybridized carbons (Fsp3) is 0.389. The number of carbonyl (C=O) groups is 2. The number of rotatable bonds is 3. The molecule has 6 nitrogen and oxygen atoms in total. The van der Waals surface area contributed by atoms with Gasteiger partial charge in [-0.25, -0.2) is 4.39 Å². The van der Waals surface area contributed by atoms with Crippen molar-refractivity contribution in [2.24, 2.45) is 0 Å². The number of para-hydroxylation sites is 1. The predicted molar refractivity (Wildman–Crippen MR) is 89.7 cm³/mol. The summed E-state index contributed by atoms with van der Waals surface area (Å²) in [5.41, 5.74) is 0.0762. The Kier molecular flexibility index (Phi) is 3.78. The van der Waals surface area contributed by atoms with Crippen molar-refractivity contribution in [3.63, 3.8) is 0 Å². The average Bonchev–Trinajstić information content (AvgIpc) is 3.30. The summed E-state index contributed by atoms with van der Waals surface area (Å²) in [7, 11) is 0. The van der Waals surface area contributed by atoms with Crippen molar-refractivity contribution in [2.45, 2.75) is 38.0 Å². The Morgan fingerprint density at radius 2 is 1.92 bits per heavy atom. The topological polar surface area (TPSA) is 67.2 Å². The maximum absolute atomic E-state index is 14.2. The van der Waals surface area contributed by atoms with E-state index in [4.69, 9.17) is 0 Å². The fourth-order valence-corrected chi connectivity index (χ4v) is 3.13. The van der Waals surface area contributed by atoms with Crippen molar-refractivity contribution >= 4 is 17.5 Å². The fourth-order valence-electron chi connectivity index (χ4n) is 3.13. The van der Waals surface area contributed by atoms with Crippen LogP contribution in [0.5, 0.6) is 0 Å². The van der Waals surface area contributed by atoms with E-state index in [1.165, 1.54) is 11.1 Å². The van der Waals surface area contributed by atoms with Crippen LogP contribution in [0, 0.1) is 0 Å². The van der Waals surface area contributed by atoms with E-state index >= 15 is 0 Å². The van der Waals surface area contributed by atoms with Crippen LogP contribution in [0.2, 0.25) is 0 Å². The number of hydrogen-bond acceptors (Lipinski definition) is 3. The maximum atomic E-state index is 14.2. The molecule has 0 spiro atoms. The molecule has 2 aliphatic rings. The molecule has 1 saturated carbocycles. The summed E-state index contributed by atoms with van der Waals surface area (Å²) in [5.74, 6) is -0.736. The zero-order chi connectivity index (χ0) is 17.4. The van der Waals surface area contributed by atoms with Gasteiger partial charge in [-0.15, -0.1) is 0 Å². The van der Waals surface area contributed by atoms with E-state index in [9.17, 15) is 14.0 Å². The quantitative estimate of drug-likeness (QED) is 0.931. The molecule has 4 rings (SSSR count). The monoisotopic (exact) mass is 342 g/mol. The second-order valence-corrected chi connectivity index (χ2v) is 6.59. The Balaban J connectivity index is 1.57. The van der Waals surface area contributed by atoms with Gasteiger partial charge in [0.15, 0.2) is 5.67 Å². The number of aryl methyl sites for hydroxylation is 1. The summed E-state index contributed by atoms with van der Waals surface area (Å²) < 4.78 is 15.9. The van der Waals surface area contributed by atoms with Crippen LogP contribution >= 0.6 is 0 Å². The molecular formula is C18H19FN4O2. The number of nitrogens with zero attached hydrogens (tertiary/aromatic N) is 3. The smallest absolute Gasteiger partial charge is 0.260 e. The molecule has 0 radical (unpaired) electrons. The first-order valence-corrected chi connectivity index (χ1v) is 8.46. The molecule has 1 aromatic heterocycles. The summed E-state index contributed by atoms with van der Waals surface area (Å²) in [6.45, 7) is 1.30. The molecule has 0 unspecified atom stereocenters. The Hall–Kier alpha value is -2.70. The van der Waals surface area contributed by atoms with Crippen LogP contribution in [0.25, 0.3) is 0 Å². The first kappa shape index (κ1) is 15.8. The minimum Gasteiger partial charge on any atom is -0.334 e. The SMILES string of the molecule is O=C(Nc1ccccc1)c1cnn2c1CN(C(=O)C1(F)CC1)CCC2. The van der Waals surface area contributed by atoms with E-state index in [1.54, 1.807) is 16.8 Å². The van der Waals surface area contributed by atoms with Gasteiger partial charge in [-0.1, -0.05) is 18.2 Å². The zero-order valence-electron chi connectivity index (χ0n) is 13.7. The summed E-state index contributed by atoms with van der Waals surface area (Å²) in [5, 5.41) is 7.11. The Labute approximate surface area is 144 Å². The van der Waals surface area contributed by atoms with Crippen LogP contribution in [0.1, 0.15) is 35.3 Å². The predicted octanol–water partition coefficient (Wildman–Crippen LogP) is 2.37. The number of halogens is 1. The lowest BCUT2D eigenvalue weighted by atomic mass is 10.2. The Morgan fingerprint density at radius 3 is 2.64 bits per heavy atom. The minimum atomic E-state index is -1.69. The van der Waals surface area contributed by atoms with E-state index < -0.39 is 11.6 Å². The van der Waals surface area contributed by atoms with Crippen LogP contribution < -0.4 is 5.32 Å². The molecule has 1 N–H and O–H groups in total. The van der Waals surface area contributed by atoms with Crippen LogP contribution in [0.3, 0.4) is 0 Å². The molecule has 1 aromatic carbocycles. The number of aromatic nitrogens is 2. The molecule has 2 heterocycles. The van der Waals surface area contributed by atoms with Crippen LogP contribution in [-0.2, 0) is 17.9 Å². The lowest BCUT2D eigenvalue weighted by Crippen LogP contribution is -2.38. The summed E-state index contributed by atoms with van der Waals surface area (Å²) in [6, 6.07) is 9.15. The van der Waals surface area contributed by atoms with Crippen molar-refractivity contribution in [3.05, 3.63) is 47.8 Å². The van der Waals surface area contributed by atoms with Gasteiger partial charge in [0.05, 0.1) is 24.0 Å². The van der Waals surface area contributed by atoms with Gasteiger partial charge < -0.3 is 10.2 Å². The molecule has 2 amide bonds. The van der Waals surface area contributed by atoms with E-state index in [0.29, 0.717) is 49.3 Å². The highest BCUT2D eigenvalue weighted by Gasteiger charge is 2.53. The highest BCUT2D eigenvalue weighted by Crippen LogP contribution is 2.42. The molecule has 1 aliphatic heterocycles. The number of anilines is 1. The van der Waals surface area contributed by atoms with E-state index in [2.05, 4.69) is 10.4 Å². The lowest BCUT2D eigenvalue weighted by molar-refractivity contribution is -0.138. The second kappa shape index (κ2) is 5.98. The van der Waals surface area contributed by atoms with Crippen LogP contribution in [-0.4, -0.2) is 38.7 Å². The van der Waals surface area contributed by atoms with Gasteiger partial charge in [0.25, 0.3) is 11.8 Å².